The van der Waals surface area contributed by atoms with E-state index in [9.17, 15) is 0 Å². The number of rotatable bonds is 7. The van der Waals surface area contributed by atoms with Crippen molar-refractivity contribution in [2.24, 2.45) is 0 Å². The van der Waals surface area contributed by atoms with Crippen LogP contribution in [0.25, 0.3) is 55.6 Å². The molecule has 0 N–H and O–H groups in total. The van der Waals surface area contributed by atoms with Crippen molar-refractivity contribution in [2.45, 2.75) is 32.1 Å². The zero-order chi connectivity index (χ0) is 36.2. The molecule has 1 nitrogen and oxygen atoms in total. The Morgan fingerprint density at radius 1 is 0.333 bits per heavy atom. The van der Waals surface area contributed by atoms with Gasteiger partial charge in [-0.25, -0.2) is 0 Å². The van der Waals surface area contributed by atoms with E-state index in [2.05, 4.69) is 207 Å². The summed E-state index contributed by atoms with van der Waals surface area (Å²) < 4.78 is 0. The lowest BCUT2D eigenvalue weighted by Crippen LogP contribution is -2.17. The van der Waals surface area contributed by atoms with E-state index in [0.717, 1.165) is 24.2 Å². The van der Waals surface area contributed by atoms with Gasteiger partial charge in [-0.2, -0.15) is 0 Å². The summed E-state index contributed by atoms with van der Waals surface area (Å²) in [6, 6.07) is 69.1. The van der Waals surface area contributed by atoms with Crippen molar-refractivity contribution in [3.8, 4) is 55.6 Å². The molecule has 258 valence electrons. The first-order chi connectivity index (χ1) is 26.5. The Bertz CT molecular complexity index is 2540. The van der Waals surface area contributed by atoms with Crippen LogP contribution in [0, 0.1) is 0 Å². The number of benzene rings is 8. The Hall–Kier alpha value is -6.44. The fraction of sp³-hybridized carbons (Fsp3) is 0.0943. The van der Waals surface area contributed by atoms with Crippen LogP contribution in [0.1, 0.15) is 36.1 Å². The molecule has 2 aliphatic carbocycles. The standard InChI is InChI=1S/C53H41N/c1-53(2)49-34-45(42-20-18-39(19-21-42)36-12-6-3-7-13-36)32-43-22-23-44-33-48(35-50(53)52(44)51(43)49)54(46-28-24-40(25-29-46)37-14-8-4-9-15-37)47-30-26-41(27-31-47)38-16-10-5-11-17-38/h3-21,24-35H,22-23H2,1-2H3. The SMILES string of the molecule is CC1(C)c2cc(-c3ccc(-c4ccccc4)cc3)cc3c2-c2c(cc(N(c4ccc(-c5ccccc5)cc4)c4ccc(-c5ccccc5)cc4)cc21)CC3. The van der Waals surface area contributed by atoms with E-state index < -0.39 is 0 Å². The fourth-order valence-corrected chi connectivity index (χ4v) is 8.87. The molecular weight excluding hydrogens is 651 g/mol. The van der Waals surface area contributed by atoms with Gasteiger partial charge in [0, 0.05) is 22.5 Å². The third-order valence-corrected chi connectivity index (χ3v) is 11.7. The van der Waals surface area contributed by atoms with Gasteiger partial charge in [-0.15, -0.1) is 0 Å². The fourth-order valence-electron chi connectivity index (χ4n) is 8.87. The van der Waals surface area contributed by atoms with Crippen LogP contribution < -0.4 is 4.90 Å². The van der Waals surface area contributed by atoms with Gasteiger partial charge in [-0.05, 0) is 133 Å². The van der Waals surface area contributed by atoms with Crippen LogP contribution in [0.5, 0.6) is 0 Å². The van der Waals surface area contributed by atoms with Crippen LogP contribution >= 0.6 is 0 Å². The van der Waals surface area contributed by atoms with Crippen molar-refractivity contribution in [3.63, 3.8) is 0 Å². The molecule has 0 bridgehead atoms. The summed E-state index contributed by atoms with van der Waals surface area (Å²) >= 11 is 0. The van der Waals surface area contributed by atoms with Gasteiger partial charge in [0.15, 0.2) is 0 Å². The van der Waals surface area contributed by atoms with Crippen LogP contribution in [0.2, 0.25) is 0 Å². The molecule has 0 saturated carbocycles. The number of anilines is 3. The quantitative estimate of drug-likeness (QED) is 0.161. The number of aryl methyl sites for hydroxylation is 2. The molecule has 10 rings (SSSR count). The Morgan fingerprint density at radius 2 is 0.685 bits per heavy atom. The highest BCUT2D eigenvalue weighted by molar-refractivity contribution is 5.92. The number of nitrogens with zero attached hydrogens (tertiary/aromatic N) is 1. The zero-order valence-corrected chi connectivity index (χ0v) is 30.8. The number of hydrogen-bond donors (Lipinski definition) is 0. The summed E-state index contributed by atoms with van der Waals surface area (Å²) in [5, 5.41) is 0. The summed E-state index contributed by atoms with van der Waals surface area (Å²) in [7, 11) is 0. The highest BCUT2D eigenvalue weighted by Crippen LogP contribution is 2.56. The molecular formula is C53H41N. The van der Waals surface area contributed by atoms with Crippen LogP contribution in [0.3, 0.4) is 0 Å². The maximum Gasteiger partial charge on any atom is 0.0467 e. The van der Waals surface area contributed by atoms with Gasteiger partial charge in [0.2, 0.25) is 0 Å². The lowest BCUT2D eigenvalue weighted by Gasteiger charge is -2.30. The molecule has 0 heterocycles. The van der Waals surface area contributed by atoms with E-state index in [1.807, 2.05) is 0 Å². The molecule has 0 unspecified atom stereocenters. The third-order valence-electron chi connectivity index (χ3n) is 11.7. The maximum atomic E-state index is 2.48. The first-order valence-corrected chi connectivity index (χ1v) is 19.1. The first kappa shape index (κ1) is 32.2. The monoisotopic (exact) mass is 691 g/mol. The van der Waals surface area contributed by atoms with Gasteiger partial charge in [0.05, 0.1) is 0 Å². The molecule has 8 aromatic carbocycles. The van der Waals surface area contributed by atoms with Gasteiger partial charge in [0.1, 0.15) is 0 Å². The van der Waals surface area contributed by atoms with Crippen molar-refractivity contribution in [3.05, 3.63) is 210 Å². The van der Waals surface area contributed by atoms with Gasteiger partial charge in [-0.1, -0.05) is 159 Å². The average Bonchev–Trinajstić information content (AvgIpc) is 3.47. The van der Waals surface area contributed by atoms with Gasteiger partial charge in [0.25, 0.3) is 0 Å². The molecule has 8 aromatic rings. The van der Waals surface area contributed by atoms with Gasteiger partial charge >= 0.3 is 0 Å². The van der Waals surface area contributed by atoms with Crippen LogP contribution in [-0.4, -0.2) is 0 Å². The van der Waals surface area contributed by atoms with E-state index in [1.165, 1.54) is 83.6 Å². The highest BCUT2D eigenvalue weighted by Gasteiger charge is 2.41. The lowest BCUT2D eigenvalue weighted by molar-refractivity contribution is 0.660. The predicted molar refractivity (Wildman–Crippen MR) is 228 cm³/mol. The van der Waals surface area contributed by atoms with Crippen LogP contribution in [-0.2, 0) is 18.3 Å². The predicted octanol–water partition coefficient (Wildman–Crippen LogP) is 14.2. The molecule has 2 aliphatic rings. The molecule has 54 heavy (non-hydrogen) atoms. The highest BCUT2D eigenvalue weighted by atomic mass is 15.1. The molecule has 0 atom stereocenters. The lowest BCUT2D eigenvalue weighted by atomic mass is 9.81. The van der Waals surface area contributed by atoms with E-state index in [-0.39, 0.29) is 5.41 Å². The molecule has 0 radical (unpaired) electrons. The molecule has 0 fully saturated rings. The second-order valence-electron chi connectivity index (χ2n) is 15.3. The largest absolute Gasteiger partial charge is 0.310 e. The van der Waals surface area contributed by atoms with Gasteiger partial charge in [-0.3, -0.25) is 0 Å². The summed E-state index contributed by atoms with van der Waals surface area (Å²) in [6.45, 7) is 4.85. The minimum atomic E-state index is -0.144. The minimum absolute atomic E-state index is 0.144. The van der Waals surface area contributed by atoms with Crippen molar-refractivity contribution in [1.29, 1.82) is 0 Å². The van der Waals surface area contributed by atoms with E-state index in [4.69, 9.17) is 0 Å². The van der Waals surface area contributed by atoms with E-state index in [1.54, 1.807) is 0 Å². The summed E-state index contributed by atoms with van der Waals surface area (Å²) in [6.07, 6.45) is 2.07. The topological polar surface area (TPSA) is 3.24 Å². The molecule has 0 spiro atoms. The summed E-state index contributed by atoms with van der Waals surface area (Å²) in [4.78, 5) is 2.45. The molecule has 1 heteroatoms. The molecule has 0 aromatic heterocycles. The van der Waals surface area contributed by atoms with Crippen molar-refractivity contribution < 1.29 is 0 Å². The second kappa shape index (κ2) is 12.9. The zero-order valence-electron chi connectivity index (χ0n) is 30.8. The number of hydrogen-bond acceptors (Lipinski definition) is 1. The summed E-state index contributed by atoms with van der Waals surface area (Å²) in [5.41, 5.74) is 22.1. The van der Waals surface area contributed by atoms with Crippen molar-refractivity contribution in [2.75, 3.05) is 4.90 Å². The molecule has 0 saturated heterocycles. The van der Waals surface area contributed by atoms with Crippen molar-refractivity contribution in [1.82, 2.24) is 0 Å². The van der Waals surface area contributed by atoms with Crippen LogP contribution in [0.4, 0.5) is 17.1 Å². The maximum absolute atomic E-state index is 2.48. The Balaban J connectivity index is 1.07. The van der Waals surface area contributed by atoms with Crippen molar-refractivity contribution >= 4 is 17.1 Å². The normalized spacial score (nSPS) is 13.4. The Morgan fingerprint density at radius 3 is 1.13 bits per heavy atom. The minimum Gasteiger partial charge on any atom is -0.310 e. The van der Waals surface area contributed by atoms with Crippen LogP contribution in [0.15, 0.2) is 188 Å². The Labute approximate surface area is 318 Å². The Kier molecular flexibility index (Phi) is 7.70. The van der Waals surface area contributed by atoms with E-state index >= 15 is 0 Å². The van der Waals surface area contributed by atoms with E-state index in [0.29, 0.717) is 0 Å². The third kappa shape index (κ3) is 5.47. The first-order valence-electron chi connectivity index (χ1n) is 19.1. The smallest absolute Gasteiger partial charge is 0.0467 e. The van der Waals surface area contributed by atoms with Gasteiger partial charge < -0.3 is 4.90 Å². The molecule has 0 aliphatic heterocycles. The molecule has 0 amide bonds. The average molecular weight is 692 g/mol. The summed E-state index contributed by atoms with van der Waals surface area (Å²) in [5.74, 6) is 0. The second-order valence-corrected chi connectivity index (χ2v) is 15.3.